The van der Waals surface area contributed by atoms with Crippen molar-refractivity contribution in [2.75, 3.05) is 13.1 Å². The minimum Gasteiger partial charge on any atom is -0.369 e. The summed E-state index contributed by atoms with van der Waals surface area (Å²) in [6.07, 6.45) is 0.0847. The summed E-state index contributed by atoms with van der Waals surface area (Å²) in [4.78, 5) is 13.5. The molecule has 1 aliphatic rings. The van der Waals surface area contributed by atoms with Crippen molar-refractivity contribution in [2.45, 2.75) is 45.4 Å². The second-order valence-electron chi connectivity index (χ2n) is 4.70. The average Bonchev–Trinajstić information content (AvgIpc) is 1.98. The van der Waals surface area contributed by atoms with Crippen LogP contribution in [0.15, 0.2) is 0 Å². The van der Waals surface area contributed by atoms with E-state index in [1.807, 2.05) is 20.8 Å². The van der Waals surface area contributed by atoms with Crippen molar-refractivity contribution in [2.24, 2.45) is 5.73 Å². The van der Waals surface area contributed by atoms with Gasteiger partial charge in [-0.1, -0.05) is 0 Å². The predicted octanol–water partition coefficient (Wildman–Crippen LogP) is 0.359. The molecule has 0 bridgehead atoms. The van der Waals surface area contributed by atoms with E-state index in [1.165, 1.54) is 0 Å². The number of hydrogen-bond donors (Lipinski definition) is 1. The molecule has 0 aromatic rings. The van der Waals surface area contributed by atoms with E-state index in [-0.39, 0.29) is 17.6 Å². The minimum atomic E-state index is -0.420. The number of nitrogens with zero attached hydrogens (tertiary/aromatic N) is 1. The van der Waals surface area contributed by atoms with Gasteiger partial charge in [-0.3, -0.25) is 4.79 Å². The Morgan fingerprint density at radius 2 is 2.21 bits per heavy atom. The van der Waals surface area contributed by atoms with Gasteiger partial charge in [-0.15, -0.1) is 0 Å². The molecule has 1 unspecified atom stereocenters. The largest absolute Gasteiger partial charge is 0.369 e. The maximum absolute atomic E-state index is 11.7. The van der Waals surface area contributed by atoms with Gasteiger partial charge in [-0.05, 0) is 27.7 Å². The van der Waals surface area contributed by atoms with Gasteiger partial charge in [-0.2, -0.15) is 0 Å². The molecule has 14 heavy (non-hydrogen) atoms. The summed E-state index contributed by atoms with van der Waals surface area (Å²) in [6.45, 7) is 8.94. The van der Waals surface area contributed by atoms with Crippen LogP contribution in [0.5, 0.6) is 0 Å². The third-order valence-corrected chi connectivity index (χ3v) is 2.27. The van der Waals surface area contributed by atoms with Crippen LogP contribution in [0.1, 0.15) is 27.7 Å². The summed E-state index contributed by atoms with van der Waals surface area (Å²) >= 11 is 0. The molecule has 4 heteroatoms. The van der Waals surface area contributed by atoms with Crippen LogP contribution in [-0.2, 0) is 9.53 Å². The molecule has 0 saturated carbocycles. The molecule has 1 heterocycles. The van der Waals surface area contributed by atoms with Crippen LogP contribution in [-0.4, -0.2) is 41.6 Å². The molecule has 0 radical (unpaired) electrons. The van der Waals surface area contributed by atoms with Crippen LogP contribution < -0.4 is 5.73 Å². The molecule has 1 rings (SSSR count). The van der Waals surface area contributed by atoms with Gasteiger partial charge in [0.25, 0.3) is 0 Å². The SMILES string of the molecule is CC1CN(C(=O)[C@H](C)N)CC(C)(C)O1. The first-order valence-electron chi connectivity index (χ1n) is 5.04. The first-order chi connectivity index (χ1) is 6.32. The van der Waals surface area contributed by atoms with Crippen LogP contribution in [0.25, 0.3) is 0 Å². The first-order valence-corrected chi connectivity index (χ1v) is 5.04. The Hall–Kier alpha value is -0.610. The maximum Gasteiger partial charge on any atom is 0.239 e. The summed E-state index contributed by atoms with van der Waals surface area (Å²) in [5, 5.41) is 0. The molecule has 1 saturated heterocycles. The highest BCUT2D eigenvalue weighted by Gasteiger charge is 2.34. The van der Waals surface area contributed by atoms with Crippen molar-refractivity contribution in [3.63, 3.8) is 0 Å². The molecule has 2 N–H and O–H groups in total. The van der Waals surface area contributed by atoms with Crippen molar-refractivity contribution in [3.05, 3.63) is 0 Å². The van der Waals surface area contributed by atoms with E-state index in [1.54, 1.807) is 11.8 Å². The van der Waals surface area contributed by atoms with Gasteiger partial charge in [0.15, 0.2) is 0 Å². The molecule has 0 aromatic heterocycles. The van der Waals surface area contributed by atoms with Gasteiger partial charge in [0.2, 0.25) is 5.91 Å². The summed E-state index contributed by atoms with van der Waals surface area (Å²) in [7, 11) is 0. The lowest BCUT2D eigenvalue weighted by molar-refractivity contribution is -0.158. The van der Waals surface area contributed by atoms with Crippen LogP contribution in [0.2, 0.25) is 0 Å². The molecule has 1 fully saturated rings. The van der Waals surface area contributed by atoms with Gasteiger partial charge in [0.05, 0.1) is 17.7 Å². The fourth-order valence-electron chi connectivity index (χ4n) is 1.91. The smallest absolute Gasteiger partial charge is 0.239 e. The maximum atomic E-state index is 11.7. The van der Waals surface area contributed by atoms with Crippen LogP contribution in [0.4, 0.5) is 0 Å². The number of amides is 1. The summed E-state index contributed by atoms with van der Waals surface area (Å²) in [5.41, 5.74) is 5.31. The van der Waals surface area contributed by atoms with E-state index in [0.29, 0.717) is 13.1 Å². The monoisotopic (exact) mass is 200 g/mol. The number of carbonyl (C=O) groups is 1. The van der Waals surface area contributed by atoms with Gasteiger partial charge >= 0.3 is 0 Å². The van der Waals surface area contributed by atoms with E-state index in [4.69, 9.17) is 10.5 Å². The Balaban J connectivity index is 2.67. The van der Waals surface area contributed by atoms with E-state index in [9.17, 15) is 4.79 Å². The number of nitrogens with two attached hydrogens (primary N) is 1. The zero-order valence-corrected chi connectivity index (χ0v) is 9.41. The summed E-state index contributed by atoms with van der Waals surface area (Å²) < 4.78 is 5.70. The van der Waals surface area contributed by atoms with Crippen molar-refractivity contribution in [1.29, 1.82) is 0 Å². The summed E-state index contributed by atoms with van der Waals surface area (Å²) in [5.74, 6) is 0.00762. The average molecular weight is 200 g/mol. The van der Waals surface area contributed by atoms with Crippen molar-refractivity contribution in [3.8, 4) is 0 Å². The van der Waals surface area contributed by atoms with Crippen molar-refractivity contribution >= 4 is 5.91 Å². The minimum absolute atomic E-state index is 0.00762. The molecule has 1 amide bonds. The predicted molar refractivity (Wildman–Crippen MR) is 54.9 cm³/mol. The molecular weight excluding hydrogens is 180 g/mol. The Kier molecular flexibility index (Phi) is 3.17. The molecule has 2 atom stereocenters. The zero-order valence-electron chi connectivity index (χ0n) is 9.41. The molecular formula is C10H20N2O2. The van der Waals surface area contributed by atoms with Crippen molar-refractivity contribution < 1.29 is 9.53 Å². The lowest BCUT2D eigenvalue weighted by atomic mass is 10.0. The molecule has 1 aliphatic heterocycles. The molecule has 82 valence electrons. The highest BCUT2D eigenvalue weighted by molar-refractivity contribution is 5.81. The molecule has 0 aliphatic carbocycles. The second-order valence-corrected chi connectivity index (χ2v) is 4.70. The van der Waals surface area contributed by atoms with E-state index < -0.39 is 6.04 Å². The number of carbonyl (C=O) groups excluding carboxylic acids is 1. The standard InChI is InChI=1S/C10H20N2O2/c1-7-5-12(9(13)8(2)11)6-10(3,4)14-7/h7-8H,5-6,11H2,1-4H3/t7?,8-/m0/s1. The van der Waals surface area contributed by atoms with Crippen LogP contribution >= 0.6 is 0 Å². The van der Waals surface area contributed by atoms with Crippen LogP contribution in [0.3, 0.4) is 0 Å². The Bertz CT molecular complexity index is 226. The number of hydrogen-bond acceptors (Lipinski definition) is 3. The number of morpholine rings is 1. The Labute approximate surface area is 85.4 Å². The van der Waals surface area contributed by atoms with Crippen molar-refractivity contribution in [1.82, 2.24) is 4.90 Å². The Morgan fingerprint density at radius 3 is 2.64 bits per heavy atom. The van der Waals surface area contributed by atoms with Crippen LogP contribution in [0, 0.1) is 0 Å². The van der Waals surface area contributed by atoms with E-state index >= 15 is 0 Å². The van der Waals surface area contributed by atoms with Gasteiger partial charge in [-0.25, -0.2) is 0 Å². The van der Waals surface area contributed by atoms with Gasteiger partial charge in [0.1, 0.15) is 0 Å². The Morgan fingerprint density at radius 1 is 1.64 bits per heavy atom. The topological polar surface area (TPSA) is 55.6 Å². The molecule has 0 aromatic carbocycles. The normalized spacial score (nSPS) is 28.6. The highest BCUT2D eigenvalue weighted by Crippen LogP contribution is 2.20. The number of rotatable bonds is 1. The fraction of sp³-hybridized carbons (Fsp3) is 0.900. The molecule has 0 spiro atoms. The van der Waals surface area contributed by atoms with E-state index in [2.05, 4.69) is 0 Å². The number of ether oxygens (including phenoxy) is 1. The molecule has 4 nitrogen and oxygen atoms in total. The lowest BCUT2D eigenvalue weighted by Crippen LogP contribution is -2.56. The first kappa shape index (κ1) is 11.5. The third kappa shape index (κ3) is 2.69. The van der Waals surface area contributed by atoms with Gasteiger partial charge in [0, 0.05) is 13.1 Å². The summed E-state index contributed by atoms with van der Waals surface area (Å²) in [6, 6.07) is -0.420. The van der Waals surface area contributed by atoms with Gasteiger partial charge < -0.3 is 15.4 Å². The second kappa shape index (κ2) is 3.87. The quantitative estimate of drug-likeness (QED) is 0.665. The van der Waals surface area contributed by atoms with E-state index in [0.717, 1.165) is 0 Å². The third-order valence-electron chi connectivity index (χ3n) is 2.27. The zero-order chi connectivity index (χ0) is 10.9. The highest BCUT2D eigenvalue weighted by atomic mass is 16.5. The lowest BCUT2D eigenvalue weighted by Gasteiger charge is -2.42. The fourth-order valence-corrected chi connectivity index (χ4v) is 1.91.